The number of anilines is 2. The molecule has 7 nitrogen and oxygen atoms in total. The summed E-state index contributed by atoms with van der Waals surface area (Å²) in [7, 11) is 3.97. The molecule has 4 aromatic rings. The molecule has 0 amide bonds. The van der Waals surface area contributed by atoms with E-state index in [0.717, 1.165) is 36.3 Å². The average molecular weight is 488 g/mol. The molecular weight excluding hydrogens is 457 g/mol. The Morgan fingerprint density at radius 1 is 1.11 bits per heavy atom. The third-order valence-corrected chi connectivity index (χ3v) is 6.11. The van der Waals surface area contributed by atoms with Crippen molar-refractivity contribution in [1.29, 1.82) is 0 Å². The molecular formula is C28H30FN5O2. The maximum Gasteiger partial charge on any atom is 0.227 e. The van der Waals surface area contributed by atoms with Crippen LogP contribution in [0.5, 0.6) is 5.75 Å². The Balaban J connectivity index is 1.40. The molecule has 2 N–H and O–H groups in total. The molecule has 1 aliphatic rings. The van der Waals surface area contributed by atoms with E-state index in [9.17, 15) is 4.39 Å². The number of aromatic nitrogens is 2. The molecule has 0 aliphatic carbocycles. The summed E-state index contributed by atoms with van der Waals surface area (Å²) in [6.07, 6.45) is 1.81. The zero-order chi connectivity index (χ0) is 24.9. The first-order valence-electron chi connectivity index (χ1n) is 12.1. The number of fused-ring (bicyclic) bond motifs is 1. The summed E-state index contributed by atoms with van der Waals surface area (Å²) in [4.78, 5) is 11.2. The van der Waals surface area contributed by atoms with Crippen LogP contribution in [0.15, 0.2) is 66.9 Å². The molecule has 36 heavy (non-hydrogen) atoms. The highest BCUT2D eigenvalue weighted by atomic mass is 19.1. The second kappa shape index (κ2) is 11.0. The van der Waals surface area contributed by atoms with Gasteiger partial charge in [-0.1, -0.05) is 30.3 Å². The van der Waals surface area contributed by atoms with Gasteiger partial charge in [-0.05, 0) is 50.0 Å². The van der Waals surface area contributed by atoms with Crippen LogP contribution in [-0.2, 0) is 4.74 Å². The molecule has 8 heteroatoms. The molecule has 0 bridgehead atoms. The third-order valence-electron chi connectivity index (χ3n) is 6.11. The van der Waals surface area contributed by atoms with E-state index in [0.29, 0.717) is 41.6 Å². The second-order valence-corrected chi connectivity index (χ2v) is 9.04. The van der Waals surface area contributed by atoms with Crippen molar-refractivity contribution in [2.75, 3.05) is 52.3 Å². The number of ether oxygens (including phenoxy) is 2. The van der Waals surface area contributed by atoms with Crippen LogP contribution in [0.2, 0.25) is 0 Å². The minimum absolute atomic E-state index is 0.0600. The number of rotatable bonds is 8. The summed E-state index contributed by atoms with van der Waals surface area (Å²) in [5.74, 6) is 0.734. The van der Waals surface area contributed by atoms with Crippen molar-refractivity contribution in [2.24, 2.45) is 0 Å². The number of hydrogen-bond donors (Lipinski definition) is 2. The van der Waals surface area contributed by atoms with Gasteiger partial charge in [0.15, 0.2) is 0 Å². The first kappa shape index (κ1) is 24.1. The largest absolute Gasteiger partial charge is 0.492 e. The van der Waals surface area contributed by atoms with Crippen LogP contribution in [0.1, 0.15) is 11.7 Å². The minimum Gasteiger partial charge on any atom is -0.492 e. The molecule has 1 aliphatic heterocycles. The summed E-state index contributed by atoms with van der Waals surface area (Å²) in [5, 5.41) is 7.44. The van der Waals surface area contributed by atoms with Crippen LogP contribution in [0, 0.1) is 5.82 Å². The van der Waals surface area contributed by atoms with Crippen LogP contribution in [0.4, 0.5) is 16.0 Å². The summed E-state index contributed by atoms with van der Waals surface area (Å²) < 4.78 is 26.6. The Bertz CT molecular complexity index is 1320. The van der Waals surface area contributed by atoms with E-state index < -0.39 is 0 Å². The SMILES string of the molecule is CN(C)CCOc1ccc(F)c(-c2cccc3cnc(Nc4ccc(C5CNCCO5)cc4)nc23)c1. The maximum absolute atomic E-state index is 14.9. The van der Waals surface area contributed by atoms with Gasteiger partial charge in [0.25, 0.3) is 0 Å². The monoisotopic (exact) mass is 487 g/mol. The van der Waals surface area contributed by atoms with Crippen molar-refractivity contribution in [3.05, 3.63) is 78.2 Å². The third kappa shape index (κ3) is 5.62. The van der Waals surface area contributed by atoms with Crippen molar-refractivity contribution in [2.45, 2.75) is 6.10 Å². The van der Waals surface area contributed by atoms with E-state index >= 15 is 0 Å². The Morgan fingerprint density at radius 3 is 2.75 bits per heavy atom. The minimum atomic E-state index is -0.328. The number of nitrogens with one attached hydrogen (secondary N) is 2. The normalized spacial score (nSPS) is 15.8. The van der Waals surface area contributed by atoms with E-state index in [1.165, 1.54) is 6.07 Å². The highest BCUT2D eigenvalue weighted by Crippen LogP contribution is 2.32. The van der Waals surface area contributed by atoms with Gasteiger partial charge in [0.2, 0.25) is 5.95 Å². The molecule has 1 fully saturated rings. The first-order chi connectivity index (χ1) is 17.6. The van der Waals surface area contributed by atoms with Gasteiger partial charge in [-0.3, -0.25) is 0 Å². The van der Waals surface area contributed by atoms with Crippen molar-refractivity contribution in [3.8, 4) is 16.9 Å². The van der Waals surface area contributed by atoms with Gasteiger partial charge in [0.05, 0.1) is 18.2 Å². The van der Waals surface area contributed by atoms with Crippen LogP contribution >= 0.6 is 0 Å². The molecule has 1 saturated heterocycles. The van der Waals surface area contributed by atoms with Crippen molar-refractivity contribution in [1.82, 2.24) is 20.2 Å². The molecule has 3 aromatic carbocycles. The maximum atomic E-state index is 14.9. The fraction of sp³-hybridized carbons (Fsp3) is 0.286. The summed E-state index contributed by atoms with van der Waals surface area (Å²) in [6, 6.07) is 18.6. The first-order valence-corrected chi connectivity index (χ1v) is 12.1. The number of benzene rings is 3. The van der Waals surface area contributed by atoms with Gasteiger partial charge in [0, 0.05) is 48.0 Å². The highest BCUT2D eigenvalue weighted by Gasteiger charge is 2.16. The Kier molecular flexibility index (Phi) is 7.36. The summed E-state index contributed by atoms with van der Waals surface area (Å²) >= 11 is 0. The standard InChI is InChI=1S/C28H30FN5O2/c1-34(2)13-15-35-22-10-11-25(29)24(16-22)23-5-3-4-20-17-31-28(33-27(20)23)32-21-8-6-19(7-9-21)26-18-30-12-14-36-26/h3-11,16-17,26,30H,12-15,18H2,1-2H3,(H,31,32,33). The summed E-state index contributed by atoms with van der Waals surface area (Å²) in [5.41, 5.74) is 3.78. The Labute approximate surface area is 210 Å². The molecule has 1 atom stereocenters. The predicted octanol–water partition coefficient (Wildman–Crippen LogP) is 4.78. The van der Waals surface area contributed by atoms with E-state index in [4.69, 9.17) is 14.5 Å². The topological polar surface area (TPSA) is 71.5 Å². The zero-order valence-corrected chi connectivity index (χ0v) is 20.5. The Morgan fingerprint density at radius 2 is 1.97 bits per heavy atom. The number of likely N-dealkylation sites (N-methyl/N-ethyl adjacent to an activating group) is 1. The molecule has 5 rings (SSSR count). The fourth-order valence-electron chi connectivity index (χ4n) is 4.17. The van der Waals surface area contributed by atoms with Gasteiger partial charge in [-0.15, -0.1) is 0 Å². The molecule has 2 heterocycles. The predicted molar refractivity (Wildman–Crippen MR) is 140 cm³/mol. The number of hydrogen-bond acceptors (Lipinski definition) is 7. The quantitative estimate of drug-likeness (QED) is 0.371. The van der Waals surface area contributed by atoms with E-state index in [1.54, 1.807) is 18.3 Å². The summed E-state index contributed by atoms with van der Waals surface area (Å²) in [6.45, 7) is 3.70. The van der Waals surface area contributed by atoms with Gasteiger partial charge in [-0.25, -0.2) is 14.4 Å². The average Bonchev–Trinajstić information content (AvgIpc) is 2.90. The van der Waals surface area contributed by atoms with Crippen LogP contribution in [0.25, 0.3) is 22.0 Å². The lowest BCUT2D eigenvalue weighted by atomic mass is 10.0. The number of morpholine rings is 1. The van der Waals surface area contributed by atoms with E-state index in [1.807, 2.05) is 61.5 Å². The van der Waals surface area contributed by atoms with Crippen LogP contribution in [0.3, 0.4) is 0 Å². The van der Waals surface area contributed by atoms with Gasteiger partial charge in [0.1, 0.15) is 18.2 Å². The van der Waals surface area contributed by atoms with Crippen molar-refractivity contribution in [3.63, 3.8) is 0 Å². The molecule has 186 valence electrons. The van der Waals surface area contributed by atoms with Gasteiger partial charge in [-0.2, -0.15) is 0 Å². The number of para-hydroxylation sites is 1. The Hall–Kier alpha value is -3.59. The molecule has 0 radical (unpaired) electrons. The number of nitrogens with zero attached hydrogens (tertiary/aromatic N) is 3. The van der Waals surface area contributed by atoms with E-state index in [2.05, 4.69) is 15.6 Å². The smallest absolute Gasteiger partial charge is 0.227 e. The number of halogens is 1. The van der Waals surface area contributed by atoms with Crippen LogP contribution in [-0.4, -0.2) is 61.8 Å². The molecule has 0 spiro atoms. The highest BCUT2D eigenvalue weighted by molar-refractivity contribution is 5.94. The lowest BCUT2D eigenvalue weighted by molar-refractivity contribution is 0.0277. The molecule has 0 saturated carbocycles. The fourth-order valence-corrected chi connectivity index (χ4v) is 4.17. The lowest BCUT2D eigenvalue weighted by Gasteiger charge is -2.24. The molecule has 1 unspecified atom stereocenters. The van der Waals surface area contributed by atoms with Crippen molar-refractivity contribution < 1.29 is 13.9 Å². The second-order valence-electron chi connectivity index (χ2n) is 9.04. The van der Waals surface area contributed by atoms with Gasteiger partial charge >= 0.3 is 0 Å². The van der Waals surface area contributed by atoms with Crippen LogP contribution < -0.4 is 15.4 Å². The molecule has 1 aromatic heterocycles. The van der Waals surface area contributed by atoms with E-state index in [-0.39, 0.29) is 11.9 Å². The lowest BCUT2D eigenvalue weighted by Crippen LogP contribution is -2.33. The van der Waals surface area contributed by atoms with Gasteiger partial charge < -0.3 is 25.0 Å². The zero-order valence-electron chi connectivity index (χ0n) is 20.5. The van der Waals surface area contributed by atoms with Crippen molar-refractivity contribution >= 4 is 22.5 Å².